The summed E-state index contributed by atoms with van der Waals surface area (Å²) in [6, 6.07) is 14.6. The summed E-state index contributed by atoms with van der Waals surface area (Å²) in [5.74, 6) is 0.989. The lowest BCUT2D eigenvalue weighted by Crippen LogP contribution is -2.23. The molecule has 0 N–H and O–H groups in total. The van der Waals surface area contributed by atoms with Gasteiger partial charge >= 0.3 is 5.97 Å². The van der Waals surface area contributed by atoms with Crippen molar-refractivity contribution in [1.29, 1.82) is 0 Å². The summed E-state index contributed by atoms with van der Waals surface area (Å²) in [6.45, 7) is 1.33. The topological polar surface area (TPSA) is 82.8 Å². The number of ether oxygens (including phenoxy) is 2. The molecule has 0 amide bonds. The molecule has 0 saturated carbocycles. The van der Waals surface area contributed by atoms with Crippen molar-refractivity contribution >= 4 is 34.4 Å². The SMILES string of the molecule is COc1ccccc1/C=C/C=c1\sc2nc(-c3ccccc3OC(C)=O)nn2c1=O. The van der Waals surface area contributed by atoms with Crippen LogP contribution in [0.4, 0.5) is 0 Å². The first-order chi connectivity index (χ1) is 14.6. The van der Waals surface area contributed by atoms with Gasteiger partial charge in [-0.25, -0.2) is 0 Å². The molecule has 30 heavy (non-hydrogen) atoms. The number of allylic oxidation sites excluding steroid dienone is 1. The van der Waals surface area contributed by atoms with Gasteiger partial charge in [-0.05, 0) is 24.3 Å². The van der Waals surface area contributed by atoms with Crippen LogP contribution in [0.3, 0.4) is 0 Å². The van der Waals surface area contributed by atoms with E-state index in [0.29, 0.717) is 26.6 Å². The van der Waals surface area contributed by atoms with Gasteiger partial charge in [-0.3, -0.25) is 9.59 Å². The third-order valence-corrected chi connectivity index (χ3v) is 5.20. The first kappa shape index (κ1) is 19.5. The molecule has 4 rings (SSSR count). The van der Waals surface area contributed by atoms with Gasteiger partial charge in [0.25, 0.3) is 5.56 Å². The largest absolute Gasteiger partial charge is 0.496 e. The molecule has 0 spiro atoms. The van der Waals surface area contributed by atoms with Gasteiger partial charge in [0.05, 0.1) is 17.2 Å². The van der Waals surface area contributed by atoms with Gasteiger partial charge in [0.1, 0.15) is 11.5 Å². The maximum absolute atomic E-state index is 12.7. The number of rotatable bonds is 5. The Balaban J connectivity index is 1.68. The first-order valence-corrected chi connectivity index (χ1v) is 9.87. The fourth-order valence-corrected chi connectivity index (χ4v) is 3.76. The van der Waals surface area contributed by atoms with Crippen molar-refractivity contribution in [2.24, 2.45) is 0 Å². The normalized spacial score (nSPS) is 12.0. The zero-order valence-electron chi connectivity index (χ0n) is 16.2. The number of carbonyl (C=O) groups is 1. The quantitative estimate of drug-likeness (QED) is 0.365. The van der Waals surface area contributed by atoms with E-state index >= 15 is 0 Å². The van der Waals surface area contributed by atoms with Gasteiger partial charge in [0, 0.05) is 12.5 Å². The van der Waals surface area contributed by atoms with Crippen LogP contribution < -0.4 is 19.6 Å². The number of fused-ring (bicyclic) bond motifs is 1. The highest BCUT2D eigenvalue weighted by Crippen LogP contribution is 2.27. The Morgan fingerprint density at radius 1 is 1.10 bits per heavy atom. The second-order valence-electron chi connectivity index (χ2n) is 6.26. The van der Waals surface area contributed by atoms with Gasteiger partial charge in [0.15, 0.2) is 5.82 Å². The van der Waals surface area contributed by atoms with Crippen LogP contribution in [0.1, 0.15) is 12.5 Å². The van der Waals surface area contributed by atoms with Gasteiger partial charge in [-0.15, -0.1) is 5.10 Å². The fraction of sp³-hybridized carbons (Fsp3) is 0.0909. The van der Waals surface area contributed by atoms with Crippen molar-refractivity contribution in [2.75, 3.05) is 7.11 Å². The molecule has 4 aromatic rings. The number of benzene rings is 2. The van der Waals surface area contributed by atoms with Crippen LogP contribution in [-0.2, 0) is 4.79 Å². The molecule has 0 fully saturated rings. The lowest BCUT2D eigenvalue weighted by molar-refractivity contribution is -0.131. The number of methoxy groups -OCH3 is 1. The van der Waals surface area contributed by atoms with Crippen molar-refractivity contribution in [1.82, 2.24) is 14.6 Å². The van der Waals surface area contributed by atoms with E-state index in [-0.39, 0.29) is 5.56 Å². The number of thiazole rings is 1. The van der Waals surface area contributed by atoms with E-state index in [9.17, 15) is 9.59 Å². The number of hydrogen-bond donors (Lipinski definition) is 0. The molecule has 0 aliphatic carbocycles. The number of esters is 1. The van der Waals surface area contributed by atoms with E-state index in [0.717, 1.165) is 11.3 Å². The summed E-state index contributed by atoms with van der Waals surface area (Å²) in [5.41, 5.74) is 1.19. The zero-order valence-corrected chi connectivity index (χ0v) is 17.1. The minimum Gasteiger partial charge on any atom is -0.496 e. The number of aromatic nitrogens is 3. The highest BCUT2D eigenvalue weighted by atomic mass is 32.1. The van der Waals surface area contributed by atoms with Crippen LogP contribution in [-0.4, -0.2) is 27.7 Å². The molecule has 8 heteroatoms. The number of carbonyl (C=O) groups excluding carboxylic acids is 1. The van der Waals surface area contributed by atoms with Crippen molar-refractivity contribution in [2.45, 2.75) is 6.92 Å². The molecule has 0 unspecified atom stereocenters. The van der Waals surface area contributed by atoms with Gasteiger partial charge in [-0.1, -0.05) is 53.8 Å². The second kappa shape index (κ2) is 8.30. The zero-order chi connectivity index (χ0) is 21.1. The molecule has 2 aromatic heterocycles. The van der Waals surface area contributed by atoms with Gasteiger partial charge in [0.2, 0.25) is 4.96 Å². The van der Waals surface area contributed by atoms with Crippen molar-refractivity contribution < 1.29 is 14.3 Å². The Labute approximate surface area is 175 Å². The lowest BCUT2D eigenvalue weighted by atomic mass is 10.2. The Kier molecular flexibility index (Phi) is 5.40. The first-order valence-electron chi connectivity index (χ1n) is 9.05. The molecule has 0 aliphatic rings. The highest BCUT2D eigenvalue weighted by Gasteiger charge is 2.15. The van der Waals surface area contributed by atoms with Gasteiger partial charge in [-0.2, -0.15) is 9.50 Å². The van der Waals surface area contributed by atoms with Gasteiger partial charge < -0.3 is 9.47 Å². The number of para-hydroxylation sites is 2. The van der Waals surface area contributed by atoms with Crippen molar-refractivity contribution in [3.8, 4) is 22.9 Å². The van der Waals surface area contributed by atoms with Crippen molar-refractivity contribution in [3.63, 3.8) is 0 Å². The van der Waals surface area contributed by atoms with E-state index in [1.807, 2.05) is 30.3 Å². The lowest BCUT2D eigenvalue weighted by Gasteiger charge is -2.04. The fourth-order valence-electron chi connectivity index (χ4n) is 2.90. The molecule has 2 heterocycles. The van der Waals surface area contributed by atoms with Crippen LogP contribution in [0, 0.1) is 0 Å². The number of hydrogen-bond acceptors (Lipinski definition) is 7. The molecule has 0 aliphatic heterocycles. The summed E-state index contributed by atoms with van der Waals surface area (Å²) in [7, 11) is 1.61. The summed E-state index contributed by atoms with van der Waals surface area (Å²) in [6.07, 6.45) is 5.39. The Morgan fingerprint density at radius 2 is 1.83 bits per heavy atom. The third-order valence-electron chi connectivity index (χ3n) is 4.23. The van der Waals surface area contributed by atoms with Crippen LogP contribution >= 0.6 is 11.3 Å². The Bertz CT molecular complexity index is 1370. The van der Waals surface area contributed by atoms with Crippen LogP contribution in [0.25, 0.3) is 28.5 Å². The molecule has 0 saturated heterocycles. The predicted octanol–water partition coefficient (Wildman–Crippen LogP) is 2.96. The molecular weight excluding hydrogens is 402 g/mol. The maximum atomic E-state index is 12.7. The number of nitrogens with zero attached hydrogens (tertiary/aromatic N) is 3. The average molecular weight is 419 g/mol. The molecular formula is C22H17N3O4S. The minimum absolute atomic E-state index is 0.261. The molecule has 0 radical (unpaired) electrons. The predicted molar refractivity (Wildman–Crippen MR) is 116 cm³/mol. The molecule has 2 aromatic carbocycles. The van der Waals surface area contributed by atoms with Crippen LogP contribution in [0.15, 0.2) is 59.4 Å². The molecule has 7 nitrogen and oxygen atoms in total. The highest BCUT2D eigenvalue weighted by molar-refractivity contribution is 7.15. The summed E-state index contributed by atoms with van der Waals surface area (Å²) < 4.78 is 12.3. The van der Waals surface area contributed by atoms with E-state index in [4.69, 9.17) is 9.47 Å². The standard InChI is InChI=1S/C22H17N3O4S/c1-14(26)29-18-12-6-4-10-16(18)20-23-22-25(24-20)21(27)19(30-22)13-7-9-15-8-3-5-11-17(15)28-2/h3-13H,1-2H3/b9-7+,19-13-. The Morgan fingerprint density at radius 3 is 2.57 bits per heavy atom. The monoisotopic (exact) mass is 419 g/mol. The van der Waals surface area contributed by atoms with E-state index in [2.05, 4.69) is 10.1 Å². The second-order valence-corrected chi connectivity index (χ2v) is 7.27. The third kappa shape index (κ3) is 3.85. The molecule has 0 atom stereocenters. The van der Waals surface area contributed by atoms with Crippen molar-refractivity contribution in [3.05, 3.63) is 75.1 Å². The maximum Gasteiger partial charge on any atom is 0.308 e. The smallest absolute Gasteiger partial charge is 0.308 e. The summed E-state index contributed by atoms with van der Waals surface area (Å²) in [4.78, 5) is 28.9. The van der Waals surface area contributed by atoms with Crippen LogP contribution in [0.2, 0.25) is 0 Å². The van der Waals surface area contributed by atoms with E-state index < -0.39 is 5.97 Å². The summed E-state index contributed by atoms with van der Waals surface area (Å²) >= 11 is 1.24. The summed E-state index contributed by atoms with van der Waals surface area (Å²) in [5, 5.41) is 4.31. The molecule has 0 bridgehead atoms. The minimum atomic E-state index is -0.438. The van der Waals surface area contributed by atoms with E-state index in [1.54, 1.807) is 43.5 Å². The van der Waals surface area contributed by atoms with E-state index in [1.165, 1.54) is 22.8 Å². The average Bonchev–Trinajstić information content (AvgIpc) is 3.28. The Hall–Kier alpha value is -3.78. The molecule has 150 valence electrons. The van der Waals surface area contributed by atoms with Crippen LogP contribution in [0.5, 0.6) is 11.5 Å².